The van der Waals surface area contributed by atoms with Crippen molar-refractivity contribution < 1.29 is 30.8 Å². The number of rotatable bonds is 10. The van der Waals surface area contributed by atoms with E-state index in [4.69, 9.17) is 11.6 Å². The fourth-order valence-electron chi connectivity index (χ4n) is 3.17. The smallest absolute Gasteiger partial charge is 0.354 e. The zero-order chi connectivity index (χ0) is 26.3. The van der Waals surface area contributed by atoms with Gasteiger partial charge >= 0.3 is 6.18 Å². The van der Waals surface area contributed by atoms with Gasteiger partial charge in [0.2, 0.25) is 5.91 Å². The average Bonchev–Trinajstić information content (AvgIpc) is 2.83. The lowest BCUT2D eigenvalue weighted by Gasteiger charge is -2.25. The Bertz CT molecular complexity index is 1310. The third kappa shape index (κ3) is 7.14. The van der Waals surface area contributed by atoms with Crippen molar-refractivity contribution in [1.82, 2.24) is 5.32 Å². The van der Waals surface area contributed by atoms with Gasteiger partial charge in [0.1, 0.15) is 12.4 Å². The van der Waals surface area contributed by atoms with Gasteiger partial charge < -0.3 is 5.32 Å². The first-order valence-corrected chi connectivity index (χ1v) is 13.5. The van der Waals surface area contributed by atoms with Crippen LogP contribution in [0.5, 0.6) is 0 Å². The number of carbonyl (C=O) groups is 1. The molecule has 0 saturated heterocycles. The number of amides is 1. The summed E-state index contributed by atoms with van der Waals surface area (Å²) in [5, 5.41) is 1.96. The maximum atomic E-state index is 13.7. The van der Waals surface area contributed by atoms with Gasteiger partial charge in [-0.15, -0.1) is 0 Å². The molecule has 0 aliphatic heterocycles. The van der Waals surface area contributed by atoms with E-state index in [0.717, 1.165) is 12.1 Å². The van der Waals surface area contributed by atoms with Crippen LogP contribution in [0.3, 0.4) is 0 Å². The van der Waals surface area contributed by atoms with E-state index < -0.39 is 39.2 Å². The van der Waals surface area contributed by atoms with Crippen molar-refractivity contribution in [3.63, 3.8) is 0 Å². The van der Waals surface area contributed by atoms with Crippen LogP contribution in [-0.2, 0) is 26.7 Å². The molecule has 0 heterocycles. The van der Waals surface area contributed by atoms with Crippen molar-refractivity contribution in [3.05, 3.63) is 94.8 Å². The van der Waals surface area contributed by atoms with E-state index in [2.05, 4.69) is 5.32 Å². The Morgan fingerprint density at radius 2 is 1.67 bits per heavy atom. The van der Waals surface area contributed by atoms with Crippen LogP contribution in [0.2, 0.25) is 5.02 Å². The van der Waals surface area contributed by atoms with Crippen molar-refractivity contribution in [1.29, 1.82) is 0 Å². The Labute approximate surface area is 215 Å². The van der Waals surface area contributed by atoms with Gasteiger partial charge in [0.05, 0.1) is 21.2 Å². The summed E-state index contributed by atoms with van der Waals surface area (Å²) in [6.45, 7) is -0.611. The molecule has 0 spiro atoms. The molecule has 12 heteroatoms. The summed E-state index contributed by atoms with van der Waals surface area (Å²) in [7, 11) is -4.39. The van der Waals surface area contributed by atoms with Gasteiger partial charge in [-0.2, -0.15) is 24.9 Å². The Morgan fingerprint density at radius 1 is 1.00 bits per heavy atom. The Morgan fingerprint density at radius 3 is 2.33 bits per heavy atom. The number of alkyl halides is 3. The number of nitrogens with one attached hydrogen (secondary N) is 1. The van der Waals surface area contributed by atoms with Crippen LogP contribution >= 0.6 is 23.4 Å². The highest BCUT2D eigenvalue weighted by Gasteiger charge is 2.35. The van der Waals surface area contributed by atoms with Crippen LogP contribution in [0.25, 0.3) is 0 Å². The molecule has 3 aromatic carbocycles. The lowest BCUT2D eigenvalue weighted by Crippen LogP contribution is -2.41. The topological polar surface area (TPSA) is 66.5 Å². The van der Waals surface area contributed by atoms with E-state index in [1.54, 1.807) is 24.3 Å². The maximum Gasteiger partial charge on any atom is 0.417 e. The maximum absolute atomic E-state index is 13.7. The van der Waals surface area contributed by atoms with Crippen LogP contribution in [0.4, 0.5) is 23.2 Å². The molecular formula is C24H21ClF4N2O3S2. The molecule has 0 bridgehead atoms. The van der Waals surface area contributed by atoms with Gasteiger partial charge in [0.25, 0.3) is 10.0 Å². The highest BCUT2D eigenvalue weighted by molar-refractivity contribution is 7.98. The molecule has 0 fully saturated rings. The number of nitrogens with zero attached hydrogens (tertiary/aromatic N) is 1. The standard InChI is InChI=1S/C24H21ClF4N2O3S2/c25-21-11-10-18(14-20(21)24(27,28)29)31(36(33,34)19-7-2-1-3-8-19)15-23(32)30-12-13-35-16-17-6-4-5-9-22(17)26/h1-11,14H,12-13,15-16H2,(H,30,32). The number of benzene rings is 3. The molecule has 3 aromatic rings. The van der Waals surface area contributed by atoms with Crippen molar-refractivity contribution in [2.24, 2.45) is 0 Å². The van der Waals surface area contributed by atoms with Crippen LogP contribution in [0, 0.1) is 5.82 Å². The first kappa shape index (κ1) is 27.8. The van der Waals surface area contributed by atoms with Crippen molar-refractivity contribution in [3.8, 4) is 0 Å². The third-order valence-corrected chi connectivity index (χ3v) is 8.07. The summed E-state index contributed by atoms with van der Waals surface area (Å²) in [6.07, 6.45) is -4.83. The third-order valence-electron chi connectivity index (χ3n) is 4.95. The summed E-state index contributed by atoms with van der Waals surface area (Å²) in [6, 6.07) is 16.0. The van der Waals surface area contributed by atoms with Gasteiger partial charge in [0.15, 0.2) is 0 Å². The molecule has 1 N–H and O–H groups in total. The van der Waals surface area contributed by atoms with E-state index in [9.17, 15) is 30.8 Å². The molecule has 1 amide bonds. The average molecular weight is 561 g/mol. The Hall–Kier alpha value is -2.76. The Balaban J connectivity index is 1.75. The van der Waals surface area contributed by atoms with Gasteiger partial charge in [-0.25, -0.2) is 12.8 Å². The molecule has 3 rings (SSSR count). The number of hydrogen-bond acceptors (Lipinski definition) is 4. The minimum Gasteiger partial charge on any atom is -0.354 e. The van der Waals surface area contributed by atoms with Gasteiger partial charge in [-0.3, -0.25) is 9.10 Å². The molecule has 5 nitrogen and oxygen atoms in total. The summed E-state index contributed by atoms with van der Waals surface area (Å²) in [4.78, 5) is 12.4. The van der Waals surface area contributed by atoms with E-state index in [0.29, 0.717) is 27.4 Å². The SMILES string of the molecule is O=C(CN(c1ccc(Cl)c(C(F)(F)F)c1)S(=O)(=O)c1ccccc1)NCCSCc1ccccc1F. The summed E-state index contributed by atoms with van der Waals surface area (Å²) in [5.74, 6) is -0.270. The molecule has 0 aromatic heterocycles. The van der Waals surface area contributed by atoms with Gasteiger partial charge in [0, 0.05) is 18.1 Å². The van der Waals surface area contributed by atoms with E-state index >= 15 is 0 Å². The van der Waals surface area contributed by atoms with Crippen molar-refractivity contribution in [2.75, 3.05) is 23.1 Å². The monoisotopic (exact) mass is 560 g/mol. The molecule has 192 valence electrons. The number of hydrogen-bond donors (Lipinski definition) is 1. The largest absolute Gasteiger partial charge is 0.417 e. The summed E-state index contributed by atoms with van der Waals surface area (Å²) in [5.41, 5.74) is -1.07. The highest BCUT2D eigenvalue weighted by Crippen LogP contribution is 2.38. The first-order chi connectivity index (χ1) is 17.0. The number of carbonyl (C=O) groups excluding carboxylic acids is 1. The predicted molar refractivity (Wildman–Crippen MR) is 133 cm³/mol. The second-order valence-corrected chi connectivity index (χ2v) is 10.9. The van der Waals surface area contributed by atoms with E-state index in [1.165, 1.54) is 42.1 Å². The fraction of sp³-hybridized carbons (Fsp3) is 0.208. The number of thioether (sulfide) groups is 1. The number of anilines is 1. The summed E-state index contributed by atoms with van der Waals surface area (Å²) >= 11 is 7.04. The number of sulfonamides is 1. The van der Waals surface area contributed by atoms with Gasteiger partial charge in [-0.1, -0.05) is 48.0 Å². The minimum absolute atomic E-state index is 0.144. The quantitative estimate of drug-likeness (QED) is 0.254. The minimum atomic E-state index is -4.83. The van der Waals surface area contributed by atoms with Crippen LogP contribution in [-0.4, -0.2) is 33.2 Å². The molecule has 0 aliphatic carbocycles. The van der Waals surface area contributed by atoms with E-state index in [1.807, 2.05) is 0 Å². The molecule has 0 unspecified atom stereocenters. The second-order valence-electron chi connectivity index (χ2n) is 7.48. The van der Waals surface area contributed by atoms with Crippen LogP contribution in [0.1, 0.15) is 11.1 Å². The lowest BCUT2D eigenvalue weighted by atomic mass is 10.2. The van der Waals surface area contributed by atoms with Crippen LogP contribution < -0.4 is 9.62 Å². The van der Waals surface area contributed by atoms with Gasteiger partial charge in [-0.05, 0) is 42.0 Å². The molecule has 0 atom stereocenters. The fourth-order valence-corrected chi connectivity index (χ4v) is 5.67. The van der Waals surface area contributed by atoms with Crippen molar-refractivity contribution >= 4 is 45.0 Å². The molecule has 0 radical (unpaired) electrons. The molecular weight excluding hydrogens is 540 g/mol. The van der Waals surface area contributed by atoms with Crippen LogP contribution in [0.15, 0.2) is 77.7 Å². The zero-order valence-electron chi connectivity index (χ0n) is 18.6. The predicted octanol–water partition coefficient (Wildman–Crippen LogP) is 5.74. The summed E-state index contributed by atoms with van der Waals surface area (Å²) < 4.78 is 81.0. The van der Waals surface area contributed by atoms with E-state index in [-0.39, 0.29) is 22.9 Å². The highest BCUT2D eigenvalue weighted by atomic mass is 35.5. The lowest BCUT2D eigenvalue weighted by molar-refractivity contribution is -0.137. The zero-order valence-corrected chi connectivity index (χ0v) is 21.0. The molecule has 0 aliphatic rings. The number of halogens is 5. The Kier molecular flexibility index (Phi) is 9.26. The molecule has 36 heavy (non-hydrogen) atoms. The second kappa shape index (κ2) is 12.0. The molecule has 0 saturated carbocycles. The van der Waals surface area contributed by atoms with Crippen molar-refractivity contribution in [2.45, 2.75) is 16.8 Å². The normalized spacial score (nSPS) is 11.8. The first-order valence-electron chi connectivity index (χ1n) is 10.5.